The fourth-order valence-electron chi connectivity index (χ4n) is 2.74. The molecule has 0 aliphatic carbocycles. The minimum absolute atomic E-state index is 0.192. The van der Waals surface area contributed by atoms with E-state index in [2.05, 4.69) is 49.9 Å². The van der Waals surface area contributed by atoms with Crippen molar-refractivity contribution in [1.82, 2.24) is 15.1 Å². The lowest BCUT2D eigenvalue weighted by atomic mass is 10.1. The molecule has 2 fully saturated rings. The number of hydrogen-bond donors (Lipinski definition) is 1. The minimum atomic E-state index is 0.192. The minimum Gasteiger partial charge on any atom is -0.303 e. The molecule has 3 heteroatoms. The van der Waals surface area contributed by atoms with Gasteiger partial charge in [-0.15, -0.1) is 0 Å². The van der Waals surface area contributed by atoms with Gasteiger partial charge in [0.05, 0.1) is 5.66 Å². The van der Waals surface area contributed by atoms with Gasteiger partial charge in [0.15, 0.2) is 0 Å². The van der Waals surface area contributed by atoms with Crippen LogP contribution < -0.4 is 5.32 Å². The normalized spacial score (nSPS) is 42.2. The Hall–Kier alpha value is -0.120. The molecule has 2 heterocycles. The van der Waals surface area contributed by atoms with Crippen molar-refractivity contribution >= 4 is 0 Å². The Balaban J connectivity index is 2.24. The van der Waals surface area contributed by atoms with E-state index in [0.29, 0.717) is 11.6 Å². The molecule has 0 spiro atoms. The molecule has 2 aliphatic rings. The zero-order valence-electron chi connectivity index (χ0n) is 9.39. The second kappa shape index (κ2) is 2.47. The van der Waals surface area contributed by atoms with E-state index in [0.717, 1.165) is 13.2 Å². The van der Waals surface area contributed by atoms with Gasteiger partial charge in [0.25, 0.3) is 0 Å². The Kier molecular flexibility index (Phi) is 1.79. The van der Waals surface area contributed by atoms with Gasteiger partial charge < -0.3 is 5.32 Å². The summed E-state index contributed by atoms with van der Waals surface area (Å²) >= 11 is 0. The summed E-state index contributed by atoms with van der Waals surface area (Å²) in [5.41, 5.74) is 0.572. The predicted molar refractivity (Wildman–Crippen MR) is 54.4 cm³/mol. The van der Waals surface area contributed by atoms with E-state index in [1.165, 1.54) is 0 Å². The van der Waals surface area contributed by atoms with Crippen LogP contribution in [0.25, 0.3) is 0 Å². The first-order chi connectivity index (χ1) is 5.88. The Morgan fingerprint density at radius 1 is 1.23 bits per heavy atom. The predicted octanol–water partition coefficient (Wildman–Crippen LogP) is 0.678. The first-order valence-corrected chi connectivity index (χ1v) is 5.10. The maximum absolute atomic E-state index is 3.48. The summed E-state index contributed by atoms with van der Waals surface area (Å²) in [5, 5.41) is 3.48. The van der Waals surface area contributed by atoms with E-state index < -0.39 is 0 Å². The van der Waals surface area contributed by atoms with Gasteiger partial charge in [0, 0.05) is 24.8 Å². The third-order valence-electron chi connectivity index (χ3n) is 3.89. The third-order valence-corrected chi connectivity index (χ3v) is 3.89. The van der Waals surface area contributed by atoms with Gasteiger partial charge >= 0.3 is 0 Å². The first kappa shape index (κ1) is 9.44. The lowest BCUT2D eigenvalue weighted by Gasteiger charge is -2.37. The molecular weight excluding hydrogens is 162 g/mol. The van der Waals surface area contributed by atoms with E-state index in [-0.39, 0.29) is 5.66 Å². The fourth-order valence-corrected chi connectivity index (χ4v) is 2.74. The molecule has 0 saturated carbocycles. The highest BCUT2D eigenvalue weighted by Crippen LogP contribution is 2.47. The van der Waals surface area contributed by atoms with Gasteiger partial charge in [-0.05, 0) is 34.7 Å². The molecule has 2 saturated heterocycles. The standard InChI is InChI=1S/C10H21N3/c1-9(2)8-6-11-7-12(5)10(3,4)13(8)9/h8,11H,6-7H2,1-5H3. The van der Waals surface area contributed by atoms with E-state index in [9.17, 15) is 0 Å². The highest BCUT2D eigenvalue weighted by atomic mass is 15.6. The summed E-state index contributed by atoms with van der Waals surface area (Å²) < 4.78 is 0. The lowest BCUT2D eigenvalue weighted by Crippen LogP contribution is -2.51. The topological polar surface area (TPSA) is 18.3 Å². The summed E-state index contributed by atoms with van der Waals surface area (Å²) in [6, 6.07) is 0.715. The van der Waals surface area contributed by atoms with Gasteiger partial charge in [0.1, 0.15) is 0 Å². The molecule has 0 bridgehead atoms. The van der Waals surface area contributed by atoms with Crippen molar-refractivity contribution in [1.29, 1.82) is 0 Å². The van der Waals surface area contributed by atoms with Crippen LogP contribution in [0.2, 0.25) is 0 Å². The number of nitrogens with zero attached hydrogens (tertiary/aromatic N) is 2. The van der Waals surface area contributed by atoms with Crippen LogP contribution in [0.3, 0.4) is 0 Å². The Morgan fingerprint density at radius 3 is 2.46 bits per heavy atom. The van der Waals surface area contributed by atoms with Crippen LogP contribution in [0.5, 0.6) is 0 Å². The monoisotopic (exact) mass is 183 g/mol. The van der Waals surface area contributed by atoms with Gasteiger partial charge in [-0.1, -0.05) is 0 Å². The van der Waals surface area contributed by atoms with Gasteiger partial charge in [-0.3, -0.25) is 9.80 Å². The second-order valence-corrected chi connectivity index (χ2v) is 5.34. The van der Waals surface area contributed by atoms with Crippen molar-refractivity contribution in [2.45, 2.75) is 44.9 Å². The van der Waals surface area contributed by atoms with Crippen LogP contribution in [0.1, 0.15) is 27.7 Å². The number of hydrogen-bond acceptors (Lipinski definition) is 3. The van der Waals surface area contributed by atoms with Crippen LogP contribution >= 0.6 is 0 Å². The van der Waals surface area contributed by atoms with E-state index in [4.69, 9.17) is 0 Å². The van der Waals surface area contributed by atoms with Crippen LogP contribution in [0.4, 0.5) is 0 Å². The molecule has 0 radical (unpaired) electrons. The van der Waals surface area contributed by atoms with Crippen molar-refractivity contribution in [3.05, 3.63) is 0 Å². The van der Waals surface area contributed by atoms with Gasteiger partial charge in [-0.25, -0.2) is 0 Å². The molecule has 1 N–H and O–H groups in total. The van der Waals surface area contributed by atoms with Crippen molar-refractivity contribution in [2.75, 3.05) is 20.3 Å². The maximum atomic E-state index is 3.48. The van der Waals surface area contributed by atoms with Crippen LogP contribution in [0, 0.1) is 0 Å². The van der Waals surface area contributed by atoms with Crippen LogP contribution in [-0.2, 0) is 0 Å². The van der Waals surface area contributed by atoms with Gasteiger partial charge in [-0.2, -0.15) is 0 Å². The third kappa shape index (κ3) is 1.14. The van der Waals surface area contributed by atoms with E-state index in [1.807, 2.05) is 0 Å². The zero-order chi connectivity index (χ0) is 9.85. The van der Waals surface area contributed by atoms with Gasteiger partial charge in [0.2, 0.25) is 0 Å². The Morgan fingerprint density at radius 2 is 1.85 bits per heavy atom. The molecule has 0 amide bonds. The van der Waals surface area contributed by atoms with Crippen molar-refractivity contribution in [3.8, 4) is 0 Å². The maximum Gasteiger partial charge on any atom is 0.0696 e. The molecule has 2 atom stereocenters. The smallest absolute Gasteiger partial charge is 0.0696 e. The number of nitrogens with one attached hydrogen (secondary N) is 1. The molecule has 2 rings (SSSR count). The quantitative estimate of drug-likeness (QED) is 0.557. The summed E-state index contributed by atoms with van der Waals surface area (Å²) in [6.45, 7) is 11.4. The van der Waals surface area contributed by atoms with Crippen LogP contribution in [0.15, 0.2) is 0 Å². The van der Waals surface area contributed by atoms with Crippen molar-refractivity contribution in [3.63, 3.8) is 0 Å². The summed E-state index contributed by atoms with van der Waals surface area (Å²) in [7, 11) is 2.18. The molecule has 0 aromatic carbocycles. The summed E-state index contributed by atoms with van der Waals surface area (Å²) in [6.07, 6.45) is 0. The molecule has 3 nitrogen and oxygen atoms in total. The van der Waals surface area contributed by atoms with Crippen molar-refractivity contribution < 1.29 is 0 Å². The second-order valence-electron chi connectivity index (χ2n) is 5.34. The molecule has 0 aromatic rings. The van der Waals surface area contributed by atoms with Crippen LogP contribution in [-0.4, -0.2) is 47.3 Å². The zero-order valence-corrected chi connectivity index (χ0v) is 9.39. The molecule has 76 valence electrons. The first-order valence-electron chi connectivity index (χ1n) is 5.10. The fraction of sp³-hybridized carbons (Fsp3) is 1.00. The summed E-state index contributed by atoms with van der Waals surface area (Å²) in [5.74, 6) is 0. The average molecular weight is 183 g/mol. The Bertz CT molecular complexity index is 222. The highest BCUT2D eigenvalue weighted by molar-refractivity contribution is 5.17. The highest BCUT2D eigenvalue weighted by Gasteiger charge is 2.62. The lowest BCUT2D eigenvalue weighted by molar-refractivity contribution is 0.0428. The molecule has 0 aromatic heterocycles. The molecule has 2 unspecified atom stereocenters. The van der Waals surface area contributed by atoms with E-state index in [1.54, 1.807) is 0 Å². The molecular formula is C10H21N3. The number of fused-ring (bicyclic) bond motifs is 1. The number of rotatable bonds is 0. The average Bonchev–Trinajstić information content (AvgIpc) is 2.55. The summed E-state index contributed by atoms with van der Waals surface area (Å²) in [4.78, 5) is 4.97. The Labute approximate surface area is 81.1 Å². The molecule has 13 heavy (non-hydrogen) atoms. The molecule has 2 aliphatic heterocycles. The largest absolute Gasteiger partial charge is 0.303 e. The van der Waals surface area contributed by atoms with Crippen molar-refractivity contribution in [2.24, 2.45) is 0 Å². The SMILES string of the molecule is CN1CNCC2N(C2(C)C)C1(C)C. The van der Waals surface area contributed by atoms with E-state index >= 15 is 0 Å².